The topological polar surface area (TPSA) is 61.4 Å². The maximum atomic E-state index is 12.7. The summed E-state index contributed by atoms with van der Waals surface area (Å²) in [7, 11) is 0. The lowest BCUT2D eigenvalue weighted by atomic mass is 10.1. The highest BCUT2D eigenvalue weighted by Crippen LogP contribution is 2.32. The largest absolute Gasteiger partial charge is 0.376 e. The van der Waals surface area contributed by atoms with Crippen LogP contribution in [0.3, 0.4) is 0 Å². The van der Waals surface area contributed by atoms with Crippen LogP contribution >= 0.6 is 34.8 Å². The molecule has 3 rings (SSSR count). The third-order valence-corrected chi connectivity index (χ3v) is 5.31. The monoisotopic (exact) mass is 425 g/mol. The minimum absolute atomic E-state index is 0.0245. The van der Waals surface area contributed by atoms with Crippen LogP contribution in [0.1, 0.15) is 23.2 Å². The zero-order valence-corrected chi connectivity index (χ0v) is 16.7. The van der Waals surface area contributed by atoms with Gasteiger partial charge in [-0.15, -0.1) is 0 Å². The van der Waals surface area contributed by atoms with Crippen LogP contribution < -0.4 is 10.6 Å². The van der Waals surface area contributed by atoms with Gasteiger partial charge in [-0.05, 0) is 37.1 Å². The number of rotatable bonds is 5. The van der Waals surface area contributed by atoms with Gasteiger partial charge in [-0.1, -0.05) is 46.9 Å². The Morgan fingerprint density at radius 2 is 1.59 bits per heavy atom. The second-order valence-corrected chi connectivity index (χ2v) is 7.41. The van der Waals surface area contributed by atoms with Gasteiger partial charge in [0.15, 0.2) is 0 Å². The molecule has 0 bridgehead atoms. The number of carbonyl (C=O) groups is 2. The number of halogens is 3. The molecule has 0 radical (unpaired) electrons. The Hall–Kier alpha value is -1.95. The van der Waals surface area contributed by atoms with Gasteiger partial charge < -0.3 is 15.5 Å². The molecule has 2 amide bonds. The van der Waals surface area contributed by atoms with Crippen molar-refractivity contribution >= 4 is 58.0 Å². The van der Waals surface area contributed by atoms with Gasteiger partial charge in [-0.2, -0.15) is 0 Å². The summed E-state index contributed by atoms with van der Waals surface area (Å²) < 4.78 is 0. The third kappa shape index (κ3) is 4.86. The van der Waals surface area contributed by atoms with E-state index in [1.807, 2.05) is 17.0 Å². The standard InChI is InChI=1S/C19H18Cl3N3O2/c20-13-9-15(22)17(10-14(13)21)24-18(26)11-23-16-6-2-1-5-12(16)19(27)25-7-3-4-8-25/h1-2,5-6,9-10,23H,3-4,7-8,11H2,(H,24,26). The SMILES string of the molecule is O=C(CNc1ccccc1C(=O)N1CCCC1)Nc1cc(Cl)c(Cl)cc1Cl. The van der Waals surface area contributed by atoms with E-state index in [1.165, 1.54) is 12.1 Å². The molecule has 1 fully saturated rings. The first-order valence-corrected chi connectivity index (χ1v) is 9.65. The minimum atomic E-state index is -0.321. The van der Waals surface area contributed by atoms with Gasteiger partial charge in [-0.25, -0.2) is 0 Å². The summed E-state index contributed by atoms with van der Waals surface area (Å²) in [5, 5.41) is 6.61. The second kappa shape index (κ2) is 8.83. The van der Waals surface area contributed by atoms with E-state index in [4.69, 9.17) is 34.8 Å². The number of nitrogens with zero attached hydrogens (tertiary/aromatic N) is 1. The first kappa shape index (κ1) is 19.8. The molecule has 0 atom stereocenters. The highest BCUT2D eigenvalue weighted by molar-refractivity contribution is 6.44. The Labute approximate surface area is 172 Å². The number of hydrogen-bond donors (Lipinski definition) is 2. The lowest BCUT2D eigenvalue weighted by Crippen LogP contribution is -2.29. The number of para-hydroxylation sites is 1. The van der Waals surface area contributed by atoms with E-state index in [0.717, 1.165) is 25.9 Å². The van der Waals surface area contributed by atoms with Crippen LogP contribution in [0.2, 0.25) is 15.1 Å². The van der Waals surface area contributed by atoms with Crippen LogP contribution in [-0.2, 0) is 4.79 Å². The summed E-state index contributed by atoms with van der Waals surface area (Å²) in [5.41, 5.74) is 1.55. The average molecular weight is 427 g/mol. The van der Waals surface area contributed by atoms with Gasteiger partial charge >= 0.3 is 0 Å². The van der Waals surface area contributed by atoms with Crippen LogP contribution in [0.4, 0.5) is 11.4 Å². The van der Waals surface area contributed by atoms with Crippen molar-refractivity contribution in [3.05, 3.63) is 57.0 Å². The number of benzene rings is 2. The van der Waals surface area contributed by atoms with Crippen LogP contribution in [0, 0.1) is 0 Å². The molecule has 0 unspecified atom stereocenters. The summed E-state index contributed by atoms with van der Waals surface area (Å²) in [6, 6.07) is 10.1. The van der Waals surface area contributed by atoms with Crippen LogP contribution in [0.5, 0.6) is 0 Å². The van der Waals surface area contributed by atoms with Crippen molar-refractivity contribution in [3.8, 4) is 0 Å². The Kier molecular flexibility index (Phi) is 6.47. The first-order chi connectivity index (χ1) is 13.0. The predicted octanol–water partition coefficient (Wildman–Crippen LogP) is 4.93. The van der Waals surface area contributed by atoms with E-state index in [1.54, 1.807) is 12.1 Å². The molecule has 0 saturated carbocycles. The van der Waals surface area contributed by atoms with Crippen LogP contribution in [0.15, 0.2) is 36.4 Å². The average Bonchev–Trinajstić information content (AvgIpc) is 3.19. The number of nitrogens with one attached hydrogen (secondary N) is 2. The maximum Gasteiger partial charge on any atom is 0.255 e. The lowest BCUT2D eigenvalue weighted by Gasteiger charge is -2.18. The Morgan fingerprint density at radius 3 is 2.33 bits per heavy atom. The Morgan fingerprint density at radius 1 is 0.926 bits per heavy atom. The van der Waals surface area contributed by atoms with E-state index >= 15 is 0 Å². The molecule has 142 valence electrons. The molecule has 0 spiro atoms. The number of likely N-dealkylation sites (tertiary alicyclic amines) is 1. The number of carbonyl (C=O) groups excluding carboxylic acids is 2. The van der Waals surface area contributed by atoms with Gasteiger partial charge in [0.1, 0.15) is 0 Å². The minimum Gasteiger partial charge on any atom is -0.376 e. The van der Waals surface area contributed by atoms with Crippen molar-refractivity contribution in [3.63, 3.8) is 0 Å². The fourth-order valence-electron chi connectivity index (χ4n) is 2.90. The quantitative estimate of drug-likeness (QED) is 0.666. The van der Waals surface area contributed by atoms with Gasteiger partial charge in [-0.3, -0.25) is 9.59 Å². The molecule has 8 heteroatoms. The summed E-state index contributed by atoms with van der Waals surface area (Å²) in [6.45, 7) is 1.51. The summed E-state index contributed by atoms with van der Waals surface area (Å²) >= 11 is 17.9. The van der Waals surface area contributed by atoms with Crippen molar-refractivity contribution in [2.24, 2.45) is 0 Å². The smallest absolute Gasteiger partial charge is 0.255 e. The Balaban J connectivity index is 1.66. The third-order valence-electron chi connectivity index (χ3n) is 4.27. The molecular formula is C19H18Cl3N3O2. The second-order valence-electron chi connectivity index (χ2n) is 6.19. The van der Waals surface area contributed by atoms with Gasteiger partial charge in [0, 0.05) is 18.8 Å². The van der Waals surface area contributed by atoms with Crippen molar-refractivity contribution in [2.75, 3.05) is 30.3 Å². The molecular weight excluding hydrogens is 409 g/mol. The molecule has 1 heterocycles. The molecule has 2 aromatic rings. The van der Waals surface area contributed by atoms with Crippen molar-refractivity contribution < 1.29 is 9.59 Å². The summed E-state index contributed by atoms with van der Waals surface area (Å²) in [5.74, 6) is -0.345. The van der Waals surface area contributed by atoms with Gasteiger partial charge in [0.05, 0.1) is 32.9 Å². The molecule has 1 aliphatic heterocycles. The molecule has 0 aliphatic carbocycles. The highest BCUT2D eigenvalue weighted by Gasteiger charge is 2.21. The highest BCUT2D eigenvalue weighted by atomic mass is 35.5. The maximum absolute atomic E-state index is 12.7. The first-order valence-electron chi connectivity index (χ1n) is 8.52. The van der Waals surface area contributed by atoms with Gasteiger partial charge in [0.25, 0.3) is 5.91 Å². The van der Waals surface area contributed by atoms with E-state index in [-0.39, 0.29) is 18.4 Å². The summed E-state index contributed by atoms with van der Waals surface area (Å²) in [4.78, 5) is 26.8. The van der Waals surface area contributed by atoms with E-state index in [0.29, 0.717) is 32.0 Å². The fourth-order valence-corrected chi connectivity index (χ4v) is 3.50. The normalized spacial score (nSPS) is 13.5. The number of hydrogen-bond acceptors (Lipinski definition) is 3. The van der Waals surface area contributed by atoms with E-state index in [2.05, 4.69) is 10.6 Å². The van der Waals surface area contributed by atoms with Crippen molar-refractivity contribution in [1.82, 2.24) is 4.90 Å². The number of amides is 2. The van der Waals surface area contributed by atoms with E-state index in [9.17, 15) is 9.59 Å². The molecule has 1 aliphatic rings. The van der Waals surface area contributed by atoms with Crippen molar-refractivity contribution in [2.45, 2.75) is 12.8 Å². The number of anilines is 2. The van der Waals surface area contributed by atoms with Crippen molar-refractivity contribution in [1.29, 1.82) is 0 Å². The zero-order chi connectivity index (χ0) is 19.4. The molecule has 2 aromatic carbocycles. The van der Waals surface area contributed by atoms with Crippen LogP contribution in [0.25, 0.3) is 0 Å². The molecule has 5 nitrogen and oxygen atoms in total. The molecule has 1 saturated heterocycles. The Bertz CT molecular complexity index is 867. The molecule has 2 N–H and O–H groups in total. The fraction of sp³-hybridized carbons (Fsp3) is 0.263. The summed E-state index contributed by atoms with van der Waals surface area (Å²) in [6.07, 6.45) is 2.04. The lowest BCUT2D eigenvalue weighted by molar-refractivity contribution is -0.114. The molecule has 0 aromatic heterocycles. The van der Waals surface area contributed by atoms with Gasteiger partial charge in [0.2, 0.25) is 5.91 Å². The predicted molar refractivity (Wildman–Crippen MR) is 110 cm³/mol. The molecule has 27 heavy (non-hydrogen) atoms. The zero-order valence-electron chi connectivity index (χ0n) is 14.4. The van der Waals surface area contributed by atoms with Crippen LogP contribution in [-0.4, -0.2) is 36.3 Å². The van der Waals surface area contributed by atoms with E-state index < -0.39 is 0 Å².